The standard InChI is InChI=1S/C35H35ClFN5O6/c1-35(44-2,45-3)40-12-5-8-33(43)42-30-16-27-29(17-32(30)48-26-11-13-46-21-26)39-19-23(18-38)34(27)41-25-9-10-31(28(36)15-25)47-20-22-6-4-7-24(37)14-22/h4-10,14-17,19,26,40H,11-13,20-21H2,1-3H3,(H,39,41)(H,42,43)/t26-/m0/s1. The zero-order chi connectivity index (χ0) is 34.1. The Labute approximate surface area is 282 Å². The van der Waals surface area contributed by atoms with Crippen molar-refractivity contribution >= 4 is 45.5 Å². The van der Waals surface area contributed by atoms with Gasteiger partial charge in [-0.25, -0.2) is 4.39 Å². The summed E-state index contributed by atoms with van der Waals surface area (Å²) in [7, 11) is 3.02. The van der Waals surface area contributed by atoms with Gasteiger partial charge in [-0.15, -0.1) is 0 Å². The van der Waals surface area contributed by atoms with Crippen LogP contribution >= 0.6 is 11.6 Å². The molecule has 1 atom stereocenters. The molecule has 1 fully saturated rings. The number of carbonyl (C=O) groups excluding carboxylic acids is 1. The molecule has 4 aromatic rings. The van der Waals surface area contributed by atoms with Gasteiger partial charge in [-0.1, -0.05) is 29.8 Å². The van der Waals surface area contributed by atoms with Crippen molar-refractivity contribution in [1.29, 1.82) is 5.26 Å². The minimum absolute atomic E-state index is 0.134. The topological polar surface area (TPSA) is 136 Å². The molecular formula is C35H35ClFN5O6. The van der Waals surface area contributed by atoms with Crippen molar-refractivity contribution in [2.75, 3.05) is 44.6 Å². The van der Waals surface area contributed by atoms with Gasteiger partial charge in [-0.3, -0.25) is 15.1 Å². The molecule has 0 radical (unpaired) electrons. The van der Waals surface area contributed by atoms with E-state index in [-0.39, 0.29) is 24.1 Å². The lowest BCUT2D eigenvalue weighted by molar-refractivity contribution is -0.212. The Hall–Kier alpha value is -4.77. The summed E-state index contributed by atoms with van der Waals surface area (Å²) in [5, 5.41) is 20.1. The molecule has 0 unspecified atom stereocenters. The second-order valence-corrected chi connectivity index (χ2v) is 11.4. The van der Waals surface area contributed by atoms with Gasteiger partial charge in [0.15, 0.2) is 0 Å². The lowest BCUT2D eigenvalue weighted by Crippen LogP contribution is -2.45. The number of carbonyl (C=O) groups is 1. The summed E-state index contributed by atoms with van der Waals surface area (Å²) in [5.41, 5.74) is 2.87. The Morgan fingerprint density at radius 2 is 2.02 bits per heavy atom. The first-order valence-corrected chi connectivity index (χ1v) is 15.5. The molecule has 0 aliphatic carbocycles. The molecule has 1 aromatic heterocycles. The van der Waals surface area contributed by atoms with Crippen LogP contribution in [0.2, 0.25) is 5.02 Å². The highest BCUT2D eigenvalue weighted by atomic mass is 35.5. The number of nitrogens with one attached hydrogen (secondary N) is 3. The fourth-order valence-corrected chi connectivity index (χ4v) is 5.10. The van der Waals surface area contributed by atoms with Gasteiger partial charge >= 0.3 is 0 Å². The van der Waals surface area contributed by atoms with Gasteiger partial charge < -0.3 is 34.3 Å². The predicted molar refractivity (Wildman–Crippen MR) is 180 cm³/mol. The highest BCUT2D eigenvalue weighted by Gasteiger charge is 2.22. The lowest BCUT2D eigenvalue weighted by atomic mass is 10.1. The molecule has 1 saturated heterocycles. The van der Waals surface area contributed by atoms with Crippen LogP contribution in [0, 0.1) is 17.1 Å². The van der Waals surface area contributed by atoms with Crippen molar-refractivity contribution in [3.05, 3.63) is 94.9 Å². The first kappa shape index (κ1) is 34.6. The van der Waals surface area contributed by atoms with Crippen LogP contribution in [-0.4, -0.2) is 56.9 Å². The number of anilines is 3. The van der Waals surface area contributed by atoms with Gasteiger partial charge in [0.05, 0.1) is 40.7 Å². The molecule has 3 N–H and O–H groups in total. The van der Waals surface area contributed by atoms with E-state index in [2.05, 4.69) is 27.0 Å². The maximum Gasteiger partial charge on any atom is 0.248 e. The average Bonchev–Trinajstić information content (AvgIpc) is 3.60. The molecule has 13 heteroatoms. The fraction of sp³-hybridized carbons (Fsp3) is 0.286. The second kappa shape index (κ2) is 15.9. The van der Waals surface area contributed by atoms with Crippen molar-refractivity contribution in [2.45, 2.75) is 32.0 Å². The third kappa shape index (κ3) is 8.77. The fourth-order valence-electron chi connectivity index (χ4n) is 4.86. The molecule has 5 rings (SSSR count). The summed E-state index contributed by atoms with van der Waals surface area (Å²) in [6.45, 7) is 3.15. The number of benzene rings is 3. The Balaban J connectivity index is 1.41. The Morgan fingerprint density at radius 3 is 2.73 bits per heavy atom. The minimum atomic E-state index is -1.00. The summed E-state index contributed by atoms with van der Waals surface area (Å²) in [4.78, 5) is 17.5. The van der Waals surface area contributed by atoms with Crippen molar-refractivity contribution < 1.29 is 32.9 Å². The Bertz CT molecular complexity index is 1840. The first-order valence-electron chi connectivity index (χ1n) is 15.1. The molecule has 3 aromatic carbocycles. The third-order valence-electron chi connectivity index (χ3n) is 7.60. The van der Waals surface area contributed by atoms with Gasteiger partial charge in [-0.05, 0) is 42.0 Å². The molecule has 1 amide bonds. The van der Waals surface area contributed by atoms with Crippen LogP contribution < -0.4 is 25.4 Å². The minimum Gasteiger partial charge on any atom is -0.487 e. The number of hydrogen-bond acceptors (Lipinski definition) is 10. The van der Waals surface area contributed by atoms with E-state index >= 15 is 0 Å². The smallest absolute Gasteiger partial charge is 0.248 e. The molecule has 0 saturated carbocycles. The summed E-state index contributed by atoms with van der Waals surface area (Å²) < 4.78 is 41.6. The van der Waals surface area contributed by atoms with E-state index < -0.39 is 11.8 Å². The van der Waals surface area contributed by atoms with Crippen LogP contribution in [0.15, 0.2) is 72.9 Å². The molecule has 1 aliphatic heterocycles. The van der Waals surface area contributed by atoms with Crippen molar-refractivity contribution in [3.8, 4) is 17.6 Å². The van der Waals surface area contributed by atoms with Crippen LogP contribution in [0.1, 0.15) is 24.5 Å². The van der Waals surface area contributed by atoms with Gasteiger partial charge in [0.1, 0.15) is 36.1 Å². The number of methoxy groups -OCH3 is 2. The quantitative estimate of drug-likeness (QED) is 0.101. The first-order chi connectivity index (χ1) is 23.2. The largest absolute Gasteiger partial charge is 0.487 e. The maximum atomic E-state index is 13.6. The zero-order valence-corrected chi connectivity index (χ0v) is 27.4. The maximum absolute atomic E-state index is 13.6. The van der Waals surface area contributed by atoms with E-state index in [4.69, 9.17) is 35.3 Å². The summed E-state index contributed by atoms with van der Waals surface area (Å²) in [6, 6.07) is 16.8. The molecule has 11 nitrogen and oxygen atoms in total. The highest BCUT2D eigenvalue weighted by molar-refractivity contribution is 6.32. The molecule has 2 heterocycles. The molecule has 0 spiro atoms. The monoisotopic (exact) mass is 675 g/mol. The number of halogens is 2. The predicted octanol–water partition coefficient (Wildman–Crippen LogP) is 6.44. The number of amides is 1. The van der Waals surface area contributed by atoms with E-state index in [9.17, 15) is 14.4 Å². The summed E-state index contributed by atoms with van der Waals surface area (Å²) >= 11 is 6.55. The molecule has 250 valence electrons. The number of hydrogen-bond donors (Lipinski definition) is 3. The van der Waals surface area contributed by atoms with E-state index in [0.29, 0.717) is 76.2 Å². The Kier molecular flexibility index (Phi) is 11.4. The van der Waals surface area contributed by atoms with Crippen molar-refractivity contribution in [1.82, 2.24) is 10.3 Å². The number of nitriles is 1. The number of nitrogens with zero attached hydrogens (tertiary/aromatic N) is 2. The van der Waals surface area contributed by atoms with Crippen molar-refractivity contribution in [3.63, 3.8) is 0 Å². The number of rotatable bonds is 14. The lowest BCUT2D eigenvalue weighted by Gasteiger charge is -2.26. The van der Waals surface area contributed by atoms with Crippen LogP contribution in [0.5, 0.6) is 11.5 Å². The molecule has 1 aliphatic rings. The van der Waals surface area contributed by atoms with E-state index in [0.717, 1.165) is 0 Å². The van der Waals surface area contributed by atoms with E-state index in [1.165, 1.54) is 38.6 Å². The van der Waals surface area contributed by atoms with Crippen LogP contribution in [0.4, 0.5) is 21.5 Å². The van der Waals surface area contributed by atoms with Gasteiger partial charge in [0.25, 0.3) is 0 Å². The summed E-state index contributed by atoms with van der Waals surface area (Å²) in [5.74, 6) is -0.935. The summed E-state index contributed by atoms with van der Waals surface area (Å²) in [6.07, 6.45) is 4.99. The Morgan fingerprint density at radius 1 is 1.19 bits per heavy atom. The van der Waals surface area contributed by atoms with Gasteiger partial charge in [0.2, 0.25) is 11.8 Å². The third-order valence-corrected chi connectivity index (χ3v) is 7.90. The number of ether oxygens (including phenoxy) is 5. The molecule has 48 heavy (non-hydrogen) atoms. The number of aromatic nitrogens is 1. The van der Waals surface area contributed by atoms with Gasteiger partial charge in [0, 0.05) is 63.5 Å². The molecule has 0 bridgehead atoms. The normalized spacial score (nSPS) is 14.6. The number of pyridine rings is 1. The van der Waals surface area contributed by atoms with E-state index in [1.54, 1.807) is 55.5 Å². The van der Waals surface area contributed by atoms with Crippen LogP contribution in [-0.2, 0) is 25.6 Å². The number of fused-ring (bicyclic) bond motifs is 1. The second-order valence-electron chi connectivity index (χ2n) is 10.9. The van der Waals surface area contributed by atoms with E-state index in [1.807, 2.05) is 0 Å². The highest BCUT2D eigenvalue weighted by Crippen LogP contribution is 2.38. The zero-order valence-electron chi connectivity index (χ0n) is 26.6. The van der Waals surface area contributed by atoms with Crippen LogP contribution in [0.25, 0.3) is 10.9 Å². The van der Waals surface area contributed by atoms with Crippen LogP contribution in [0.3, 0.4) is 0 Å². The molecular weight excluding hydrogens is 641 g/mol. The van der Waals surface area contributed by atoms with Crippen molar-refractivity contribution in [2.24, 2.45) is 0 Å². The average molecular weight is 676 g/mol. The SMILES string of the molecule is COC(C)(NCC=CC(=O)Nc1cc2c(Nc3ccc(OCc4cccc(F)c4)c(Cl)c3)c(C#N)cnc2cc1O[C@H]1CCOC1)OC. The van der Waals surface area contributed by atoms with Gasteiger partial charge in [-0.2, -0.15) is 5.26 Å².